The van der Waals surface area contributed by atoms with E-state index >= 15 is 0 Å². The standard InChI is InChI=1S/C22H22N4O2S2/c1-25-20-8-4-3-7-17(20)23-21(25)13-22-24-18(14-29-22)15-9-10-19-16(12-15)6-5-11-26(19)30(2,27)28/h3-4,7-10,12,14H,5-6,11,13H2,1-2H3. The summed E-state index contributed by atoms with van der Waals surface area (Å²) in [5.74, 6) is 0.992. The molecule has 0 saturated carbocycles. The van der Waals surface area contributed by atoms with Gasteiger partial charge < -0.3 is 4.57 Å². The Morgan fingerprint density at radius 3 is 2.77 bits per heavy atom. The summed E-state index contributed by atoms with van der Waals surface area (Å²) in [4.78, 5) is 9.58. The van der Waals surface area contributed by atoms with Crippen molar-refractivity contribution in [3.63, 3.8) is 0 Å². The van der Waals surface area contributed by atoms with Crippen LogP contribution in [0.25, 0.3) is 22.3 Å². The molecule has 3 heterocycles. The quantitative estimate of drug-likeness (QED) is 0.483. The van der Waals surface area contributed by atoms with E-state index in [9.17, 15) is 8.42 Å². The monoisotopic (exact) mass is 438 g/mol. The van der Waals surface area contributed by atoms with Crippen molar-refractivity contribution < 1.29 is 8.42 Å². The predicted octanol–water partition coefficient (Wildman–Crippen LogP) is 4.00. The number of nitrogens with zero attached hydrogens (tertiary/aromatic N) is 4. The first-order valence-corrected chi connectivity index (χ1v) is 12.6. The molecule has 1 aliphatic heterocycles. The van der Waals surface area contributed by atoms with Crippen molar-refractivity contribution in [2.45, 2.75) is 19.3 Å². The summed E-state index contributed by atoms with van der Waals surface area (Å²) in [6.07, 6.45) is 3.66. The van der Waals surface area contributed by atoms with Crippen LogP contribution in [0.2, 0.25) is 0 Å². The molecule has 0 aliphatic carbocycles. The molecule has 6 nitrogen and oxygen atoms in total. The van der Waals surface area contributed by atoms with Gasteiger partial charge in [0.15, 0.2) is 0 Å². The van der Waals surface area contributed by atoms with E-state index in [0.29, 0.717) is 13.0 Å². The number of aryl methyl sites for hydroxylation is 2. The van der Waals surface area contributed by atoms with E-state index in [-0.39, 0.29) is 0 Å². The van der Waals surface area contributed by atoms with Crippen LogP contribution < -0.4 is 4.31 Å². The van der Waals surface area contributed by atoms with Crippen molar-refractivity contribution in [2.75, 3.05) is 17.1 Å². The highest BCUT2D eigenvalue weighted by Crippen LogP contribution is 2.33. The Labute approximate surface area is 179 Å². The number of aromatic nitrogens is 3. The first-order chi connectivity index (χ1) is 14.4. The Morgan fingerprint density at radius 1 is 1.13 bits per heavy atom. The van der Waals surface area contributed by atoms with Gasteiger partial charge in [-0.1, -0.05) is 18.2 Å². The molecule has 0 N–H and O–H groups in total. The minimum atomic E-state index is -3.25. The molecule has 0 atom stereocenters. The highest BCUT2D eigenvalue weighted by atomic mass is 32.2. The second-order valence-corrected chi connectivity index (χ2v) is 10.5. The summed E-state index contributed by atoms with van der Waals surface area (Å²) in [6, 6.07) is 14.1. The average Bonchev–Trinajstić information content (AvgIpc) is 3.32. The Kier molecular flexibility index (Phi) is 4.63. The maximum atomic E-state index is 12.1. The highest BCUT2D eigenvalue weighted by Gasteiger charge is 2.24. The van der Waals surface area contributed by atoms with Gasteiger partial charge in [-0.25, -0.2) is 18.4 Å². The van der Waals surface area contributed by atoms with Crippen molar-refractivity contribution >= 4 is 38.1 Å². The lowest BCUT2D eigenvalue weighted by molar-refractivity contribution is 0.592. The molecular formula is C22H22N4O2S2. The molecule has 30 heavy (non-hydrogen) atoms. The van der Waals surface area contributed by atoms with Gasteiger partial charge in [0.25, 0.3) is 0 Å². The zero-order valence-electron chi connectivity index (χ0n) is 16.9. The number of hydrogen-bond donors (Lipinski definition) is 0. The fourth-order valence-electron chi connectivity index (χ4n) is 4.08. The minimum absolute atomic E-state index is 0.546. The lowest BCUT2D eigenvalue weighted by atomic mass is 10.00. The third-order valence-corrected chi connectivity index (χ3v) is 7.62. The Morgan fingerprint density at radius 2 is 1.97 bits per heavy atom. The molecule has 2 aromatic heterocycles. The van der Waals surface area contributed by atoms with Crippen LogP contribution in [-0.4, -0.2) is 35.8 Å². The highest BCUT2D eigenvalue weighted by molar-refractivity contribution is 7.92. The van der Waals surface area contributed by atoms with Crippen molar-refractivity contribution in [3.8, 4) is 11.3 Å². The molecule has 154 valence electrons. The first-order valence-electron chi connectivity index (χ1n) is 9.86. The van der Waals surface area contributed by atoms with Gasteiger partial charge in [-0.3, -0.25) is 4.31 Å². The van der Waals surface area contributed by atoms with Gasteiger partial charge in [-0.05, 0) is 42.7 Å². The Bertz CT molecular complexity index is 1350. The fraction of sp³-hybridized carbons (Fsp3) is 0.273. The van der Waals surface area contributed by atoms with Gasteiger partial charge in [0.1, 0.15) is 10.8 Å². The van der Waals surface area contributed by atoms with Crippen LogP contribution in [0.3, 0.4) is 0 Å². The largest absolute Gasteiger partial charge is 0.331 e. The summed E-state index contributed by atoms with van der Waals surface area (Å²) in [5, 5.41) is 3.08. The van der Waals surface area contributed by atoms with Crippen molar-refractivity contribution in [1.82, 2.24) is 14.5 Å². The van der Waals surface area contributed by atoms with Crippen LogP contribution in [0.15, 0.2) is 47.8 Å². The number of imidazole rings is 1. The lowest BCUT2D eigenvalue weighted by Gasteiger charge is -2.29. The first kappa shape index (κ1) is 19.3. The number of sulfonamides is 1. The molecule has 2 aromatic carbocycles. The van der Waals surface area contributed by atoms with Gasteiger partial charge in [0.2, 0.25) is 10.0 Å². The number of para-hydroxylation sites is 2. The van der Waals surface area contributed by atoms with Crippen LogP contribution in [0.4, 0.5) is 5.69 Å². The molecule has 0 bridgehead atoms. The van der Waals surface area contributed by atoms with E-state index in [4.69, 9.17) is 9.97 Å². The van der Waals surface area contributed by atoms with Crippen molar-refractivity contribution in [1.29, 1.82) is 0 Å². The molecule has 0 unspecified atom stereocenters. The van der Waals surface area contributed by atoms with Gasteiger partial charge in [-0.15, -0.1) is 11.3 Å². The molecule has 8 heteroatoms. The van der Waals surface area contributed by atoms with E-state index in [1.165, 1.54) is 10.6 Å². The summed E-state index contributed by atoms with van der Waals surface area (Å²) >= 11 is 1.63. The van der Waals surface area contributed by atoms with Gasteiger partial charge in [0.05, 0.1) is 35.1 Å². The summed E-state index contributed by atoms with van der Waals surface area (Å²) < 4.78 is 27.8. The van der Waals surface area contributed by atoms with Crippen LogP contribution in [0, 0.1) is 0 Å². The second-order valence-electron chi connectivity index (χ2n) is 7.66. The molecule has 0 spiro atoms. The van der Waals surface area contributed by atoms with Crippen molar-refractivity contribution in [2.24, 2.45) is 7.05 Å². The second kappa shape index (κ2) is 7.21. The fourth-order valence-corrected chi connectivity index (χ4v) is 5.88. The van der Waals surface area contributed by atoms with Gasteiger partial charge >= 0.3 is 0 Å². The minimum Gasteiger partial charge on any atom is -0.331 e. The van der Waals surface area contributed by atoms with E-state index in [2.05, 4.69) is 22.1 Å². The Balaban J connectivity index is 1.43. The van der Waals surface area contributed by atoms with Gasteiger partial charge in [0, 0.05) is 24.5 Å². The molecule has 0 saturated heterocycles. The topological polar surface area (TPSA) is 68.1 Å². The van der Waals surface area contributed by atoms with E-state index in [1.807, 2.05) is 37.4 Å². The molecule has 0 amide bonds. The smallest absolute Gasteiger partial charge is 0.232 e. The summed E-state index contributed by atoms with van der Waals surface area (Å²) in [6.45, 7) is 0.546. The number of benzene rings is 2. The van der Waals surface area contributed by atoms with E-state index < -0.39 is 10.0 Å². The molecule has 0 fully saturated rings. The molecule has 4 aromatic rings. The molecule has 0 radical (unpaired) electrons. The SMILES string of the molecule is Cn1c(Cc2nc(-c3ccc4c(c3)CCCN4S(C)(=O)=O)cs2)nc2ccccc21. The van der Waals surface area contributed by atoms with E-state index in [0.717, 1.165) is 57.2 Å². The zero-order valence-corrected chi connectivity index (χ0v) is 18.5. The lowest BCUT2D eigenvalue weighted by Crippen LogP contribution is -2.34. The predicted molar refractivity (Wildman–Crippen MR) is 122 cm³/mol. The van der Waals surface area contributed by atoms with Crippen molar-refractivity contribution in [3.05, 3.63) is 64.2 Å². The molecule has 5 rings (SSSR count). The maximum absolute atomic E-state index is 12.1. The number of fused-ring (bicyclic) bond motifs is 2. The summed E-state index contributed by atoms with van der Waals surface area (Å²) in [5.41, 5.74) is 5.92. The number of anilines is 1. The summed E-state index contributed by atoms with van der Waals surface area (Å²) in [7, 11) is -1.21. The zero-order chi connectivity index (χ0) is 20.9. The van der Waals surface area contributed by atoms with Crippen LogP contribution in [0.5, 0.6) is 0 Å². The number of hydrogen-bond acceptors (Lipinski definition) is 5. The Hall–Kier alpha value is -2.71. The normalized spacial score (nSPS) is 14.3. The van der Waals surface area contributed by atoms with Crippen LogP contribution in [0.1, 0.15) is 22.8 Å². The third-order valence-electron chi connectivity index (χ3n) is 5.59. The molecular weight excluding hydrogens is 416 g/mol. The maximum Gasteiger partial charge on any atom is 0.232 e. The third kappa shape index (κ3) is 3.40. The van der Waals surface area contributed by atoms with E-state index in [1.54, 1.807) is 11.3 Å². The van der Waals surface area contributed by atoms with Crippen LogP contribution in [-0.2, 0) is 29.9 Å². The molecule has 1 aliphatic rings. The van der Waals surface area contributed by atoms with Gasteiger partial charge in [-0.2, -0.15) is 0 Å². The number of rotatable bonds is 4. The average molecular weight is 439 g/mol. The van der Waals surface area contributed by atoms with Crippen LogP contribution >= 0.6 is 11.3 Å². The number of thiazole rings is 1.